The molecule has 0 N–H and O–H groups in total. The van der Waals surface area contributed by atoms with E-state index in [0.29, 0.717) is 12.2 Å². The molecule has 0 radical (unpaired) electrons. The molecule has 0 atom stereocenters. The van der Waals surface area contributed by atoms with Gasteiger partial charge in [-0.3, -0.25) is 0 Å². The summed E-state index contributed by atoms with van der Waals surface area (Å²) in [6.07, 6.45) is 0.943. The van der Waals surface area contributed by atoms with Crippen molar-refractivity contribution in [3.8, 4) is 6.07 Å². The molecular formula is C26H23FN4. The Labute approximate surface area is 181 Å². The molecule has 31 heavy (non-hydrogen) atoms. The van der Waals surface area contributed by atoms with Crippen LogP contribution in [-0.4, -0.2) is 16.1 Å². The minimum atomic E-state index is -0.235. The number of anilines is 1. The van der Waals surface area contributed by atoms with Crippen LogP contribution in [0.4, 0.5) is 10.2 Å². The first-order valence-electron chi connectivity index (χ1n) is 10.5. The first-order chi connectivity index (χ1) is 15.0. The van der Waals surface area contributed by atoms with E-state index < -0.39 is 0 Å². The fraction of sp³-hybridized carbons (Fsp3) is 0.231. The molecule has 1 aliphatic heterocycles. The average molecular weight is 410 g/mol. The fourth-order valence-corrected chi connectivity index (χ4v) is 4.61. The van der Waals surface area contributed by atoms with Gasteiger partial charge in [-0.15, -0.1) is 0 Å². The summed E-state index contributed by atoms with van der Waals surface area (Å²) in [7, 11) is 0. The van der Waals surface area contributed by atoms with Crippen LogP contribution in [0.25, 0.3) is 10.9 Å². The molecule has 5 heteroatoms. The van der Waals surface area contributed by atoms with Gasteiger partial charge in [0.05, 0.1) is 5.52 Å². The van der Waals surface area contributed by atoms with Crippen molar-refractivity contribution in [3.63, 3.8) is 0 Å². The molecule has 2 aromatic heterocycles. The minimum absolute atomic E-state index is 0.235. The van der Waals surface area contributed by atoms with E-state index >= 15 is 0 Å². The third kappa shape index (κ3) is 3.34. The standard InChI is InChI=1S/C26H23FN4/c1-17-18(2)31(15-19-6-5-9-22(27)12-19)25-24(17)13-23(14-28)29-26(25)30-11-10-20-7-3-4-8-21(20)16-30/h3-9,12-13H,10-11,15-16H2,1-2H3. The van der Waals surface area contributed by atoms with E-state index in [0.717, 1.165) is 53.1 Å². The van der Waals surface area contributed by atoms with E-state index in [1.165, 1.54) is 17.2 Å². The van der Waals surface area contributed by atoms with Crippen molar-refractivity contribution in [2.24, 2.45) is 0 Å². The lowest BCUT2D eigenvalue weighted by molar-refractivity contribution is 0.623. The lowest BCUT2D eigenvalue weighted by atomic mass is 10.00. The number of pyridine rings is 1. The van der Waals surface area contributed by atoms with E-state index in [9.17, 15) is 9.65 Å². The Balaban J connectivity index is 1.69. The Bertz CT molecular complexity index is 1350. The van der Waals surface area contributed by atoms with E-state index in [2.05, 4.69) is 53.6 Å². The van der Waals surface area contributed by atoms with Crippen LogP contribution in [0.3, 0.4) is 0 Å². The maximum Gasteiger partial charge on any atom is 0.155 e. The van der Waals surface area contributed by atoms with Gasteiger partial charge in [0.15, 0.2) is 5.82 Å². The number of nitrogens with zero attached hydrogens (tertiary/aromatic N) is 4. The number of hydrogen-bond acceptors (Lipinski definition) is 3. The van der Waals surface area contributed by atoms with E-state index in [-0.39, 0.29) is 5.82 Å². The quantitative estimate of drug-likeness (QED) is 0.462. The van der Waals surface area contributed by atoms with Gasteiger partial charge in [0.1, 0.15) is 17.6 Å². The molecule has 0 amide bonds. The molecule has 0 fully saturated rings. The molecule has 4 aromatic rings. The van der Waals surface area contributed by atoms with Crippen LogP contribution >= 0.6 is 0 Å². The van der Waals surface area contributed by atoms with Gasteiger partial charge in [-0.25, -0.2) is 9.37 Å². The van der Waals surface area contributed by atoms with Crippen molar-refractivity contribution in [2.45, 2.75) is 33.4 Å². The highest BCUT2D eigenvalue weighted by atomic mass is 19.1. The van der Waals surface area contributed by atoms with Crippen molar-refractivity contribution in [3.05, 3.63) is 94.1 Å². The maximum atomic E-state index is 13.8. The summed E-state index contributed by atoms with van der Waals surface area (Å²) in [6.45, 7) is 6.32. The molecule has 5 rings (SSSR count). The smallest absolute Gasteiger partial charge is 0.155 e. The van der Waals surface area contributed by atoms with Gasteiger partial charge in [0, 0.05) is 30.7 Å². The van der Waals surface area contributed by atoms with E-state index in [1.54, 1.807) is 12.1 Å². The minimum Gasteiger partial charge on any atom is -0.350 e. The maximum absolute atomic E-state index is 13.8. The number of fused-ring (bicyclic) bond motifs is 2. The zero-order chi connectivity index (χ0) is 21.5. The summed E-state index contributed by atoms with van der Waals surface area (Å²) in [5, 5.41) is 10.7. The van der Waals surface area contributed by atoms with Crippen LogP contribution in [0.2, 0.25) is 0 Å². The largest absolute Gasteiger partial charge is 0.350 e. The van der Waals surface area contributed by atoms with Gasteiger partial charge < -0.3 is 9.47 Å². The van der Waals surface area contributed by atoms with Gasteiger partial charge in [-0.2, -0.15) is 5.26 Å². The van der Waals surface area contributed by atoms with Crippen molar-refractivity contribution in [1.29, 1.82) is 5.26 Å². The summed E-state index contributed by atoms with van der Waals surface area (Å²) in [5.41, 5.74) is 7.24. The lowest BCUT2D eigenvalue weighted by Gasteiger charge is -2.30. The molecule has 0 aliphatic carbocycles. The number of aryl methyl sites for hydroxylation is 1. The summed E-state index contributed by atoms with van der Waals surface area (Å²) in [6, 6.07) is 19.3. The Kier molecular flexibility index (Phi) is 4.71. The SMILES string of the molecule is Cc1c(C)n(Cc2cccc(F)c2)c2c(N3CCc4ccccc4C3)nc(C#N)cc12. The predicted molar refractivity (Wildman–Crippen MR) is 121 cm³/mol. The second-order valence-corrected chi connectivity index (χ2v) is 8.21. The highest BCUT2D eigenvalue weighted by molar-refractivity contribution is 5.94. The molecule has 3 heterocycles. The van der Waals surface area contributed by atoms with Crippen molar-refractivity contribution >= 4 is 16.7 Å². The molecular weight excluding hydrogens is 387 g/mol. The number of benzene rings is 2. The second-order valence-electron chi connectivity index (χ2n) is 8.21. The zero-order valence-corrected chi connectivity index (χ0v) is 17.7. The van der Waals surface area contributed by atoms with Crippen molar-refractivity contribution in [1.82, 2.24) is 9.55 Å². The number of rotatable bonds is 3. The molecule has 0 unspecified atom stereocenters. The van der Waals surface area contributed by atoms with E-state index in [4.69, 9.17) is 4.98 Å². The number of aromatic nitrogens is 2. The monoisotopic (exact) mass is 410 g/mol. The first-order valence-corrected chi connectivity index (χ1v) is 10.5. The summed E-state index contributed by atoms with van der Waals surface area (Å²) < 4.78 is 16.0. The topological polar surface area (TPSA) is 44.9 Å². The van der Waals surface area contributed by atoms with Gasteiger partial charge in [-0.1, -0.05) is 36.4 Å². The van der Waals surface area contributed by atoms with Crippen LogP contribution in [0.15, 0.2) is 54.6 Å². The highest BCUT2D eigenvalue weighted by Gasteiger charge is 2.24. The molecule has 0 saturated carbocycles. The van der Waals surface area contributed by atoms with Crippen LogP contribution in [0.1, 0.15) is 33.6 Å². The molecule has 154 valence electrons. The third-order valence-electron chi connectivity index (χ3n) is 6.37. The molecule has 0 spiro atoms. The Morgan fingerprint density at radius 1 is 1.06 bits per heavy atom. The zero-order valence-electron chi connectivity index (χ0n) is 17.7. The van der Waals surface area contributed by atoms with Crippen LogP contribution in [-0.2, 0) is 19.5 Å². The second kappa shape index (κ2) is 7.55. The Morgan fingerprint density at radius 2 is 1.87 bits per heavy atom. The molecule has 0 saturated heterocycles. The Morgan fingerprint density at radius 3 is 2.65 bits per heavy atom. The van der Waals surface area contributed by atoms with Gasteiger partial charge in [-0.05, 0) is 60.7 Å². The van der Waals surface area contributed by atoms with Gasteiger partial charge >= 0.3 is 0 Å². The summed E-state index contributed by atoms with van der Waals surface area (Å²) in [4.78, 5) is 7.03. The van der Waals surface area contributed by atoms with Gasteiger partial charge in [0.25, 0.3) is 0 Å². The van der Waals surface area contributed by atoms with E-state index in [1.807, 2.05) is 12.1 Å². The molecule has 2 aromatic carbocycles. The molecule has 4 nitrogen and oxygen atoms in total. The predicted octanol–water partition coefficient (Wildman–Crippen LogP) is 5.27. The van der Waals surface area contributed by atoms with Crippen LogP contribution < -0.4 is 4.90 Å². The van der Waals surface area contributed by atoms with Crippen molar-refractivity contribution in [2.75, 3.05) is 11.4 Å². The average Bonchev–Trinajstić information content (AvgIpc) is 3.03. The summed E-state index contributed by atoms with van der Waals surface area (Å²) >= 11 is 0. The number of halogens is 1. The molecule has 0 bridgehead atoms. The summed E-state index contributed by atoms with van der Waals surface area (Å²) in [5.74, 6) is 0.595. The number of hydrogen-bond donors (Lipinski definition) is 0. The normalized spacial score (nSPS) is 13.3. The highest BCUT2D eigenvalue weighted by Crippen LogP contribution is 2.35. The lowest BCUT2D eigenvalue weighted by Crippen LogP contribution is -2.31. The van der Waals surface area contributed by atoms with Crippen LogP contribution in [0.5, 0.6) is 0 Å². The van der Waals surface area contributed by atoms with Crippen molar-refractivity contribution < 1.29 is 4.39 Å². The Hall–Kier alpha value is -3.65. The molecule has 1 aliphatic rings. The van der Waals surface area contributed by atoms with Crippen LogP contribution in [0, 0.1) is 31.0 Å². The number of nitriles is 1. The fourth-order valence-electron chi connectivity index (χ4n) is 4.61. The first kappa shape index (κ1) is 19.3. The van der Waals surface area contributed by atoms with Gasteiger partial charge in [0.2, 0.25) is 0 Å². The third-order valence-corrected chi connectivity index (χ3v) is 6.37.